The first-order valence-electron chi connectivity index (χ1n) is 9.95. The van der Waals surface area contributed by atoms with E-state index in [2.05, 4.69) is 5.32 Å². The van der Waals surface area contributed by atoms with Gasteiger partial charge >= 0.3 is 0 Å². The van der Waals surface area contributed by atoms with Crippen LogP contribution in [-0.4, -0.2) is 32.3 Å². The molecule has 3 rings (SSSR count). The topological polar surface area (TPSA) is 75.7 Å². The van der Waals surface area contributed by atoms with E-state index in [4.69, 9.17) is 4.74 Å². The quantitative estimate of drug-likeness (QED) is 0.563. The number of anilines is 1. The van der Waals surface area contributed by atoms with Crippen molar-refractivity contribution < 1.29 is 17.9 Å². The average molecular weight is 439 g/mol. The molecule has 3 aromatic rings. The van der Waals surface area contributed by atoms with E-state index in [0.29, 0.717) is 23.5 Å². The number of nitrogens with one attached hydrogen (secondary N) is 1. The molecular weight excluding hydrogens is 412 g/mol. The summed E-state index contributed by atoms with van der Waals surface area (Å²) in [4.78, 5) is 12.9. The van der Waals surface area contributed by atoms with Crippen molar-refractivity contribution in [3.05, 3.63) is 89.5 Å². The van der Waals surface area contributed by atoms with Gasteiger partial charge in [-0.1, -0.05) is 43.3 Å². The number of aryl methyl sites for hydroxylation is 1. The summed E-state index contributed by atoms with van der Waals surface area (Å²) in [7, 11) is -2.03. The van der Waals surface area contributed by atoms with Crippen LogP contribution in [0.1, 0.15) is 28.4 Å². The fraction of sp³-hybridized carbons (Fsp3) is 0.208. The van der Waals surface area contributed by atoms with Gasteiger partial charge in [0.1, 0.15) is 5.75 Å². The molecule has 0 fully saturated rings. The van der Waals surface area contributed by atoms with Gasteiger partial charge in [-0.2, -0.15) is 4.31 Å². The molecule has 0 saturated carbocycles. The molecule has 0 spiro atoms. The minimum Gasteiger partial charge on any atom is -0.495 e. The number of carbonyl (C=O) groups is 1. The van der Waals surface area contributed by atoms with Crippen LogP contribution in [0, 0.1) is 6.92 Å². The second kappa shape index (κ2) is 9.76. The van der Waals surface area contributed by atoms with Crippen molar-refractivity contribution in [1.29, 1.82) is 0 Å². The van der Waals surface area contributed by atoms with Crippen LogP contribution in [0.5, 0.6) is 5.75 Å². The van der Waals surface area contributed by atoms with Gasteiger partial charge in [0.05, 0.1) is 17.7 Å². The number of hydrogen-bond donors (Lipinski definition) is 1. The van der Waals surface area contributed by atoms with Gasteiger partial charge < -0.3 is 10.1 Å². The first kappa shape index (κ1) is 22.5. The minimum absolute atomic E-state index is 0.224. The Morgan fingerprint density at radius 1 is 1.00 bits per heavy atom. The molecule has 162 valence electrons. The number of nitrogens with zero attached hydrogens (tertiary/aromatic N) is 1. The molecule has 1 N–H and O–H groups in total. The molecule has 1 amide bonds. The van der Waals surface area contributed by atoms with Crippen molar-refractivity contribution >= 4 is 21.6 Å². The minimum atomic E-state index is -3.59. The number of sulfonamides is 1. The molecule has 3 aromatic carbocycles. The highest BCUT2D eigenvalue weighted by molar-refractivity contribution is 7.89. The summed E-state index contributed by atoms with van der Waals surface area (Å²) in [5.41, 5.74) is 2.88. The highest BCUT2D eigenvalue weighted by Gasteiger charge is 2.23. The number of carbonyl (C=O) groups excluding carboxylic acids is 1. The molecule has 0 saturated heterocycles. The van der Waals surface area contributed by atoms with Crippen LogP contribution < -0.4 is 10.1 Å². The van der Waals surface area contributed by atoms with Crippen molar-refractivity contribution in [2.45, 2.75) is 25.3 Å². The van der Waals surface area contributed by atoms with Gasteiger partial charge in [-0.05, 0) is 54.4 Å². The molecule has 31 heavy (non-hydrogen) atoms. The van der Waals surface area contributed by atoms with Crippen LogP contribution >= 0.6 is 0 Å². The van der Waals surface area contributed by atoms with Gasteiger partial charge in [-0.25, -0.2) is 8.42 Å². The fourth-order valence-corrected chi connectivity index (χ4v) is 4.65. The van der Waals surface area contributed by atoms with Crippen LogP contribution in [0.2, 0.25) is 0 Å². The number of amides is 1. The maximum Gasteiger partial charge on any atom is 0.255 e. The Kier molecular flexibility index (Phi) is 7.09. The number of rotatable bonds is 8. The smallest absolute Gasteiger partial charge is 0.255 e. The number of hydrogen-bond acceptors (Lipinski definition) is 4. The third-order valence-corrected chi connectivity index (χ3v) is 6.85. The molecule has 0 aliphatic carbocycles. The first-order chi connectivity index (χ1) is 14.8. The summed E-state index contributed by atoms with van der Waals surface area (Å²) in [5.74, 6) is 0.319. The lowest BCUT2D eigenvalue weighted by Crippen LogP contribution is -2.30. The van der Waals surface area contributed by atoms with Crippen LogP contribution in [0.3, 0.4) is 0 Å². The molecule has 0 unspecified atom stereocenters. The highest BCUT2D eigenvalue weighted by Crippen LogP contribution is 2.26. The van der Waals surface area contributed by atoms with E-state index in [0.717, 1.165) is 11.1 Å². The SMILES string of the molecule is CCN(Cc1ccc(C(=O)Nc2cc(C)ccc2OC)cc1)S(=O)(=O)c1ccccc1. The third kappa shape index (κ3) is 5.31. The summed E-state index contributed by atoms with van der Waals surface area (Å²) in [5, 5.41) is 2.87. The second-order valence-corrected chi connectivity index (χ2v) is 9.04. The molecule has 0 radical (unpaired) electrons. The Labute approximate surface area is 183 Å². The Bertz CT molecular complexity index is 1140. The molecule has 0 atom stereocenters. The second-order valence-electron chi connectivity index (χ2n) is 7.10. The number of methoxy groups -OCH3 is 1. The van der Waals surface area contributed by atoms with Gasteiger partial charge in [0.2, 0.25) is 10.0 Å². The molecule has 0 aliphatic heterocycles. The molecule has 0 bridgehead atoms. The van der Waals surface area contributed by atoms with Gasteiger partial charge in [-0.3, -0.25) is 4.79 Å². The maximum atomic E-state index is 12.9. The van der Waals surface area contributed by atoms with Gasteiger partial charge in [0, 0.05) is 18.7 Å². The standard InChI is InChI=1S/C24H26N2O4S/c1-4-26(31(28,29)21-8-6-5-7-9-21)17-19-11-13-20(14-12-19)24(27)25-22-16-18(2)10-15-23(22)30-3/h5-16H,4,17H2,1-3H3,(H,25,27). The normalized spacial score (nSPS) is 11.4. The van der Waals surface area contributed by atoms with E-state index in [-0.39, 0.29) is 17.3 Å². The van der Waals surface area contributed by atoms with Crippen molar-refractivity contribution in [2.75, 3.05) is 19.0 Å². The third-order valence-electron chi connectivity index (χ3n) is 4.91. The van der Waals surface area contributed by atoms with E-state index in [1.807, 2.05) is 19.1 Å². The number of ether oxygens (including phenoxy) is 1. The summed E-state index contributed by atoms with van der Waals surface area (Å²) < 4.78 is 32.5. The predicted molar refractivity (Wildman–Crippen MR) is 122 cm³/mol. The molecule has 0 heterocycles. The van der Waals surface area contributed by atoms with Gasteiger partial charge in [0.25, 0.3) is 5.91 Å². The van der Waals surface area contributed by atoms with Crippen molar-refractivity contribution in [1.82, 2.24) is 4.31 Å². The summed E-state index contributed by atoms with van der Waals surface area (Å²) in [6.45, 7) is 4.30. The Morgan fingerprint density at radius 2 is 1.68 bits per heavy atom. The monoisotopic (exact) mass is 438 g/mol. The van der Waals surface area contributed by atoms with Gasteiger partial charge in [0.15, 0.2) is 0 Å². The summed E-state index contributed by atoms with van der Waals surface area (Å²) in [6, 6.07) is 20.9. The Hall–Kier alpha value is -3.16. The van der Waals surface area contributed by atoms with Gasteiger partial charge in [-0.15, -0.1) is 0 Å². The number of benzene rings is 3. The largest absolute Gasteiger partial charge is 0.495 e. The maximum absolute atomic E-state index is 12.9. The van der Waals surface area contributed by atoms with Crippen LogP contribution in [0.25, 0.3) is 0 Å². The summed E-state index contributed by atoms with van der Waals surface area (Å²) in [6.07, 6.45) is 0. The average Bonchev–Trinajstić information content (AvgIpc) is 2.78. The Morgan fingerprint density at radius 3 is 2.29 bits per heavy atom. The molecule has 0 aliphatic rings. The van der Waals surface area contributed by atoms with E-state index in [1.54, 1.807) is 74.7 Å². The molecule has 7 heteroatoms. The molecule has 0 aromatic heterocycles. The summed E-state index contributed by atoms with van der Waals surface area (Å²) >= 11 is 0. The zero-order valence-electron chi connectivity index (χ0n) is 17.8. The van der Waals surface area contributed by atoms with E-state index in [1.165, 1.54) is 4.31 Å². The van der Waals surface area contributed by atoms with E-state index < -0.39 is 10.0 Å². The molecule has 6 nitrogen and oxygen atoms in total. The first-order valence-corrected chi connectivity index (χ1v) is 11.4. The zero-order valence-corrected chi connectivity index (χ0v) is 18.6. The lowest BCUT2D eigenvalue weighted by atomic mass is 10.1. The predicted octanol–water partition coefficient (Wildman–Crippen LogP) is 4.47. The lowest BCUT2D eigenvalue weighted by Gasteiger charge is -2.20. The zero-order chi connectivity index (χ0) is 22.4. The van der Waals surface area contributed by atoms with E-state index >= 15 is 0 Å². The van der Waals surface area contributed by atoms with Crippen molar-refractivity contribution in [3.8, 4) is 5.75 Å². The van der Waals surface area contributed by atoms with E-state index in [9.17, 15) is 13.2 Å². The van der Waals surface area contributed by atoms with Crippen molar-refractivity contribution in [3.63, 3.8) is 0 Å². The highest BCUT2D eigenvalue weighted by atomic mass is 32.2. The molecular formula is C24H26N2O4S. The van der Waals surface area contributed by atoms with Crippen LogP contribution in [0.4, 0.5) is 5.69 Å². The fourth-order valence-electron chi connectivity index (χ4n) is 3.19. The Balaban J connectivity index is 1.74. The lowest BCUT2D eigenvalue weighted by molar-refractivity contribution is 0.102. The van der Waals surface area contributed by atoms with Crippen LogP contribution in [0.15, 0.2) is 77.7 Å². The van der Waals surface area contributed by atoms with Crippen LogP contribution in [-0.2, 0) is 16.6 Å². The van der Waals surface area contributed by atoms with Crippen molar-refractivity contribution in [2.24, 2.45) is 0 Å².